The lowest BCUT2D eigenvalue weighted by Crippen LogP contribution is -2.52. The molecule has 28 heavy (non-hydrogen) atoms. The number of hydrogen-bond acceptors (Lipinski definition) is 3. The van der Waals surface area contributed by atoms with Crippen molar-refractivity contribution < 1.29 is 17.6 Å². The van der Waals surface area contributed by atoms with Gasteiger partial charge in [-0.15, -0.1) is 0 Å². The second-order valence-electron chi connectivity index (χ2n) is 6.27. The highest BCUT2D eigenvalue weighted by Gasteiger charge is 2.41. The van der Waals surface area contributed by atoms with Crippen molar-refractivity contribution in [1.82, 2.24) is 8.28 Å². The lowest BCUT2D eigenvalue weighted by atomic mass is 10.2. The standard InChI is InChI=1S/C19H15ClFN3O3S/c20-17-8-2-1-6-15(17)13-22-18-9-4-10-23(18)28(26,27)24(19(22)25)12-14-5-3-7-16(21)11-14/h1-11H,12-13H2. The molecule has 0 fully saturated rings. The number of fused-ring (bicyclic) bond motifs is 1. The van der Waals surface area contributed by atoms with Gasteiger partial charge in [-0.25, -0.2) is 13.2 Å². The van der Waals surface area contributed by atoms with Gasteiger partial charge in [-0.2, -0.15) is 12.7 Å². The summed E-state index contributed by atoms with van der Waals surface area (Å²) in [5.41, 5.74) is 1.04. The summed E-state index contributed by atoms with van der Waals surface area (Å²) in [5, 5.41) is 0.471. The molecular formula is C19H15ClFN3O3S. The van der Waals surface area contributed by atoms with Gasteiger partial charge in [0.05, 0.1) is 13.1 Å². The zero-order chi connectivity index (χ0) is 19.9. The molecule has 9 heteroatoms. The van der Waals surface area contributed by atoms with E-state index in [-0.39, 0.29) is 18.9 Å². The molecule has 0 atom stereocenters. The van der Waals surface area contributed by atoms with Crippen LogP contribution in [-0.2, 0) is 23.3 Å². The Hall–Kier alpha value is -2.84. The van der Waals surface area contributed by atoms with Crippen molar-refractivity contribution in [2.24, 2.45) is 0 Å². The van der Waals surface area contributed by atoms with Crippen molar-refractivity contribution in [3.8, 4) is 0 Å². The largest absolute Gasteiger partial charge is 0.341 e. The summed E-state index contributed by atoms with van der Waals surface area (Å²) in [6, 6.07) is 14.9. The zero-order valence-electron chi connectivity index (χ0n) is 14.5. The molecule has 0 aliphatic carbocycles. The molecule has 2 aromatic carbocycles. The molecule has 4 rings (SSSR count). The fourth-order valence-corrected chi connectivity index (χ4v) is 4.73. The van der Waals surface area contributed by atoms with Gasteiger partial charge in [0.2, 0.25) is 0 Å². The highest BCUT2D eigenvalue weighted by atomic mass is 35.5. The monoisotopic (exact) mass is 419 g/mol. The van der Waals surface area contributed by atoms with E-state index in [0.29, 0.717) is 16.1 Å². The third kappa shape index (κ3) is 3.14. The van der Waals surface area contributed by atoms with Crippen LogP contribution in [-0.4, -0.2) is 22.7 Å². The molecule has 0 unspecified atom stereocenters. The molecule has 144 valence electrons. The lowest BCUT2D eigenvalue weighted by molar-refractivity contribution is 0.225. The van der Waals surface area contributed by atoms with Crippen LogP contribution in [0.2, 0.25) is 5.02 Å². The van der Waals surface area contributed by atoms with Gasteiger partial charge in [-0.1, -0.05) is 41.9 Å². The Morgan fingerprint density at radius 3 is 2.50 bits per heavy atom. The van der Waals surface area contributed by atoms with Crippen LogP contribution in [0.1, 0.15) is 11.1 Å². The summed E-state index contributed by atoms with van der Waals surface area (Å²) in [7, 11) is -4.13. The minimum absolute atomic E-state index is 0.0949. The molecule has 2 heterocycles. The van der Waals surface area contributed by atoms with Crippen molar-refractivity contribution in [3.63, 3.8) is 0 Å². The number of carbonyl (C=O) groups is 1. The Balaban J connectivity index is 1.76. The maximum Gasteiger partial charge on any atom is 0.341 e. The van der Waals surface area contributed by atoms with Crippen molar-refractivity contribution in [2.45, 2.75) is 13.1 Å². The van der Waals surface area contributed by atoms with Crippen molar-refractivity contribution in [3.05, 3.63) is 88.8 Å². The van der Waals surface area contributed by atoms with Crippen LogP contribution in [0.3, 0.4) is 0 Å². The third-order valence-corrected chi connectivity index (χ3v) is 6.46. The molecule has 0 saturated carbocycles. The molecule has 0 N–H and O–H groups in total. The number of carbonyl (C=O) groups excluding carboxylic acids is 1. The van der Waals surface area contributed by atoms with Crippen LogP contribution >= 0.6 is 11.6 Å². The van der Waals surface area contributed by atoms with E-state index in [1.54, 1.807) is 42.5 Å². The summed E-state index contributed by atoms with van der Waals surface area (Å²) in [4.78, 5) is 14.5. The number of amides is 2. The molecular weight excluding hydrogens is 405 g/mol. The SMILES string of the molecule is O=C1N(Cc2ccccc2Cl)c2cccn2S(=O)(=O)N1Cc1cccc(F)c1. The summed E-state index contributed by atoms with van der Waals surface area (Å²) < 4.78 is 41.2. The third-order valence-electron chi connectivity index (χ3n) is 4.44. The Kier molecular flexibility index (Phi) is 4.60. The van der Waals surface area contributed by atoms with Gasteiger partial charge in [0.15, 0.2) is 0 Å². The smallest absolute Gasteiger partial charge is 0.273 e. The zero-order valence-corrected chi connectivity index (χ0v) is 16.1. The van der Waals surface area contributed by atoms with Gasteiger partial charge < -0.3 is 0 Å². The predicted octanol–water partition coefficient (Wildman–Crippen LogP) is 4.02. The molecule has 1 aromatic heterocycles. The van der Waals surface area contributed by atoms with Gasteiger partial charge in [-0.05, 0) is 41.5 Å². The van der Waals surface area contributed by atoms with E-state index in [1.165, 1.54) is 29.3 Å². The first-order valence-corrected chi connectivity index (χ1v) is 10.2. The number of rotatable bonds is 4. The van der Waals surface area contributed by atoms with Crippen LogP contribution in [0, 0.1) is 5.82 Å². The van der Waals surface area contributed by atoms with E-state index in [1.807, 2.05) is 0 Å². The normalized spacial score (nSPS) is 15.6. The number of benzene rings is 2. The number of urea groups is 1. The second-order valence-corrected chi connectivity index (χ2v) is 8.40. The molecule has 0 spiro atoms. The lowest BCUT2D eigenvalue weighted by Gasteiger charge is -2.36. The number of aromatic nitrogens is 1. The van der Waals surface area contributed by atoms with Crippen LogP contribution < -0.4 is 4.90 Å². The van der Waals surface area contributed by atoms with Crippen molar-refractivity contribution in [1.29, 1.82) is 0 Å². The minimum Gasteiger partial charge on any atom is -0.273 e. The average molecular weight is 420 g/mol. The van der Waals surface area contributed by atoms with Crippen molar-refractivity contribution in [2.75, 3.05) is 4.90 Å². The van der Waals surface area contributed by atoms with E-state index in [0.717, 1.165) is 8.28 Å². The summed E-state index contributed by atoms with van der Waals surface area (Å²) >= 11 is 6.21. The van der Waals surface area contributed by atoms with E-state index in [4.69, 9.17) is 11.6 Å². The Morgan fingerprint density at radius 1 is 0.964 bits per heavy atom. The van der Waals surface area contributed by atoms with Crippen LogP contribution in [0.15, 0.2) is 66.9 Å². The average Bonchev–Trinajstić information content (AvgIpc) is 3.15. The summed E-state index contributed by atoms with van der Waals surface area (Å²) in [5.74, 6) is -0.283. The van der Waals surface area contributed by atoms with Crippen LogP contribution in [0.25, 0.3) is 0 Å². The highest BCUT2D eigenvalue weighted by molar-refractivity contribution is 7.88. The highest BCUT2D eigenvalue weighted by Crippen LogP contribution is 2.31. The quantitative estimate of drug-likeness (QED) is 0.641. The number of nitrogens with zero attached hydrogens (tertiary/aromatic N) is 3. The maximum absolute atomic E-state index is 13.5. The van der Waals surface area contributed by atoms with E-state index in [9.17, 15) is 17.6 Å². The molecule has 0 saturated heterocycles. The molecule has 3 aromatic rings. The van der Waals surface area contributed by atoms with E-state index >= 15 is 0 Å². The Morgan fingerprint density at radius 2 is 1.75 bits per heavy atom. The van der Waals surface area contributed by atoms with E-state index in [2.05, 4.69) is 0 Å². The first kappa shape index (κ1) is 18.5. The van der Waals surface area contributed by atoms with Gasteiger partial charge in [-0.3, -0.25) is 4.90 Å². The first-order chi connectivity index (χ1) is 13.4. The number of hydrogen-bond donors (Lipinski definition) is 0. The molecule has 1 aliphatic rings. The van der Waals surface area contributed by atoms with Gasteiger partial charge in [0, 0.05) is 11.2 Å². The summed E-state index contributed by atoms with van der Waals surface area (Å²) in [6.07, 6.45) is 1.37. The van der Waals surface area contributed by atoms with Gasteiger partial charge >= 0.3 is 16.2 Å². The molecule has 0 radical (unpaired) electrons. The van der Waals surface area contributed by atoms with E-state index < -0.39 is 22.1 Å². The second kappa shape index (κ2) is 6.96. The topological polar surface area (TPSA) is 62.6 Å². The maximum atomic E-state index is 13.5. The first-order valence-electron chi connectivity index (χ1n) is 8.38. The van der Waals surface area contributed by atoms with Gasteiger partial charge in [0.1, 0.15) is 11.6 Å². The minimum atomic E-state index is -4.13. The fraction of sp³-hybridized carbons (Fsp3) is 0.105. The number of anilines is 1. The molecule has 0 bridgehead atoms. The molecule has 2 amide bonds. The van der Waals surface area contributed by atoms with Crippen LogP contribution in [0.5, 0.6) is 0 Å². The summed E-state index contributed by atoms with van der Waals surface area (Å²) in [6.45, 7) is -0.187. The predicted molar refractivity (Wildman–Crippen MR) is 104 cm³/mol. The fourth-order valence-electron chi connectivity index (χ4n) is 3.09. The molecule has 6 nitrogen and oxygen atoms in total. The van der Waals surface area contributed by atoms with Crippen LogP contribution in [0.4, 0.5) is 15.0 Å². The Bertz CT molecular complexity index is 1160. The Labute approximate surface area is 166 Å². The van der Waals surface area contributed by atoms with Crippen molar-refractivity contribution >= 4 is 33.7 Å². The number of halogens is 2. The molecule has 1 aliphatic heterocycles. The van der Waals surface area contributed by atoms with Gasteiger partial charge in [0.25, 0.3) is 0 Å².